The smallest absolute Gasteiger partial charge is 0.224 e. The number of ketones is 1. The molecule has 3 nitrogen and oxygen atoms in total. The molecule has 0 bridgehead atoms. The van der Waals surface area contributed by atoms with E-state index in [4.69, 9.17) is 0 Å². The van der Waals surface area contributed by atoms with Gasteiger partial charge in [-0.15, -0.1) is 0 Å². The summed E-state index contributed by atoms with van der Waals surface area (Å²) in [5, 5.41) is 2.82. The minimum Gasteiger partial charge on any atom is -0.349 e. The Morgan fingerprint density at radius 3 is 2.12 bits per heavy atom. The third-order valence-corrected chi connectivity index (χ3v) is 4.22. The van der Waals surface area contributed by atoms with Crippen LogP contribution in [0.2, 0.25) is 0 Å². The summed E-state index contributed by atoms with van der Waals surface area (Å²) in [6, 6.07) is 0. The number of Topliss-reactive ketones (excluding diaryl/α,β-unsaturated/α-hetero) is 1. The van der Waals surface area contributed by atoms with Crippen molar-refractivity contribution in [2.75, 3.05) is 6.54 Å². The van der Waals surface area contributed by atoms with Crippen molar-refractivity contribution >= 4 is 11.7 Å². The predicted octanol–water partition coefficient (Wildman–Crippen LogP) is 2.15. The Labute approximate surface area is 103 Å². The van der Waals surface area contributed by atoms with Gasteiger partial charge in [-0.3, -0.25) is 9.59 Å². The molecule has 17 heavy (non-hydrogen) atoms. The van der Waals surface area contributed by atoms with Gasteiger partial charge in [-0.2, -0.15) is 0 Å². The fourth-order valence-corrected chi connectivity index (χ4v) is 2.93. The fourth-order valence-electron chi connectivity index (χ4n) is 2.93. The standard InChI is InChI=1S/C14H23NO2/c1-14(2,3)11(16)8-15-13(17)12-9-6-4-5-7-10(9)12/h9-10,12H,4-8H2,1-3H3,(H,15,17). The Bertz CT molecular complexity index is 318. The normalized spacial score (nSPS) is 31.6. The van der Waals surface area contributed by atoms with Gasteiger partial charge in [0, 0.05) is 11.3 Å². The number of rotatable bonds is 3. The fraction of sp³-hybridized carbons (Fsp3) is 0.857. The molecule has 2 unspecified atom stereocenters. The molecule has 0 spiro atoms. The van der Waals surface area contributed by atoms with Crippen molar-refractivity contribution in [2.24, 2.45) is 23.2 Å². The zero-order valence-corrected chi connectivity index (χ0v) is 11.1. The zero-order chi connectivity index (χ0) is 12.6. The first-order valence-corrected chi connectivity index (χ1v) is 6.72. The Hall–Kier alpha value is -0.860. The second-order valence-corrected chi connectivity index (χ2v) is 6.53. The summed E-state index contributed by atoms with van der Waals surface area (Å²) in [6.45, 7) is 5.85. The molecule has 0 aliphatic heterocycles. The molecule has 1 amide bonds. The molecule has 2 aliphatic rings. The number of hydrogen-bond acceptors (Lipinski definition) is 2. The van der Waals surface area contributed by atoms with Crippen LogP contribution in [-0.2, 0) is 9.59 Å². The van der Waals surface area contributed by atoms with Crippen molar-refractivity contribution in [1.29, 1.82) is 0 Å². The Kier molecular flexibility index (Phi) is 3.28. The van der Waals surface area contributed by atoms with Gasteiger partial charge in [0.25, 0.3) is 0 Å². The van der Waals surface area contributed by atoms with Gasteiger partial charge in [-0.1, -0.05) is 33.6 Å². The minimum atomic E-state index is -0.358. The van der Waals surface area contributed by atoms with Crippen molar-refractivity contribution in [1.82, 2.24) is 5.32 Å². The largest absolute Gasteiger partial charge is 0.349 e. The monoisotopic (exact) mass is 237 g/mol. The molecule has 0 aromatic carbocycles. The molecule has 2 atom stereocenters. The number of hydrogen-bond donors (Lipinski definition) is 1. The van der Waals surface area contributed by atoms with Gasteiger partial charge in [-0.05, 0) is 24.7 Å². The number of carbonyl (C=O) groups is 2. The van der Waals surface area contributed by atoms with Gasteiger partial charge in [0.05, 0.1) is 6.54 Å². The second kappa shape index (κ2) is 4.43. The number of fused-ring (bicyclic) bond motifs is 1. The third-order valence-electron chi connectivity index (χ3n) is 4.22. The van der Waals surface area contributed by atoms with Crippen LogP contribution in [0.5, 0.6) is 0 Å². The van der Waals surface area contributed by atoms with Crippen molar-refractivity contribution in [3.05, 3.63) is 0 Å². The first kappa shape index (κ1) is 12.6. The van der Waals surface area contributed by atoms with Gasteiger partial charge < -0.3 is 5.32 Å². The molecule has 2 aliphatic carbocycles. The molecule has 1 N–H and O–H groups in total. The number of amides is 1. The van der Waals surface area contributed by atoms with Crippen molar-refractivity contribution in [3.63, 3.8) is 0 Å². The van der Waals surface area contributed by atoms with E-state index in [2.05, 4.69) is 5.32 Å². The molecule has 0 aromatic rings. The van der Waals surface area contributed by atoms with Crippen LogP contribution < -0.4 is 5.32 Å². The average molecular weight is 237 g/mol. The molecule has 2 fully saturated rings. The van der Waals surface area contributed by atoms with E-state index < -0.39 is 0 Å². The Morgan fingerprint density at radius 2 is 1.65 bits per heavy atom. The molecule has 3 heteroatoms. The molecule has 2 saturated carbocycles. The van der Waals surface area contributed by atoms with E-state index in [-0.39, 0.29) is 29.6 Å². The maximum absolute atomic E-state index is 11.9. The SMILES string of the molecule is CC(C)(C)C(=O)CNC(=O)C1C2CCCCC21. The predicted molar refractivity (Wildman–Crippen MR) is 66.4 cm³/mol. The second-order valence-electron chi connectivity index (χ2n) is 6.53. The molecule has 0 radical (unpaired) electrons. The first-order valence-electron chi connectivity index (χ1n) is 6.72. The van der Waals surface area contributed by atoms with Crippen molar-refractivity contribution in [2.45, 2.75) is 46.5 Å². The molecule has 96 valence electrons. The van der Waals surface area contributed by atoms with E-state index in [9.17, 15) is 9.59 Å². The Balaban J connectivity index is 1.77. The molecule has 0 saturated heterocycles. The maximum Gasteiger partial charge on any atom is 0.224 e. The highest BCUT2D eigenvalue weighted by molar-refractivity contribution is 5.90. The highest BCUT2D eigenvalue weighted by Crippen LogP contribution is 2.55. The Morgan fingerprint density at radius 1 is 1.12 bits per heavy atom. The lowest BCUT2D eigenvalue weighted by atomic mass is 9.91. The third kappa shape index (κ3) is 2.70. The zero-order valence-electron chi connectivity index (χ0n) is 11.1. The van der Waals surface area contributed by atoms with Crippen LogP contribution in [0, 0.1) is 23.2 Å². The van der Waals surface area contributed by atoms with E-state index >= 15 is 0 Å². The molecule has 0 aromatic heterocycles. The topological polar surface area (TPSA) is 46.2 Å². The van der Waals surface area contributed by atoms with Crippen LogP contribution in [0.1, 0.15) is 46.5 Å². The summed E-state index contributed by atoms with van der Waals surface area (Å²) in [6.07, 6.45) is 4.95. The van der Waals surface area contributed by atoms with Crippen LogP contribution in [-0.4, -0.2) is 18.2 Å². The van der Waals surface area contributed by atoms with Gasteiger partial charge >= 0.3 is 0 Å². The van der Waals surface area contributed by atoms with E-state index in [0.29, 0.717) is 11.8 Å². The highest BCUT2D eigenvalue weighted by atomic mass is 16.2. The summed E-state index contributed by atoms with van der Waals surface area (Å²) in [5.41, 5.74) is -0.358. The molecule has 2 rings (SSSR count). The summed E-state index contributed by atoms with van der Waals surface area (Å²) in [7, 11) is 0. The van der Waals surface area contributed by atoms with Gasteiger partial charge in [-0.25, -0.2) is 0 Å². The summed E-state index contributed by atoms with van der Waals surface area (Å²) >= 11 is 0. The van der Waals surface area contributed by atoms with Crippen LogP contribution in [0.15, 0.2) is 0 Å². The van der Waals surface area contributed by atoms with Gasteiger partial charge in [0.1, 0.15) is 0 Å². The summed E-state index contributed by atoms with van der Waals surface area (Å²) in [4.78, 5) is 23.7. The summed E-state index contributed by atoms with van der Waals surface area (Å²) < 4.78 is 0. The van der Waals surface area contributed by atoms with Crippen molar-refractivity contribution in [3.8, 4) is 0 Å². The van der Waals surface area contributed by atoms with E-state index in [1.807, 2.05) is 20.8 Å². The van der Waals surface area contributed by atoms with Crippen LogP contribution in [0.25, 0.3) is 0 Å². The highest BCUT2D eigenvalue weighted by Gasteiger charge is 2.54. The van der Waals surface area contributed by atoms with E-state index in [1.165, 1.54) is 25.7 Å². The van der Waals surface area contributed by atoms with Crippen LogP contribution in [0.3, 0.4) is 0 Å². The van der Waals surface area contributed by atoms with Crippen LogP contribution >= 0.6 is 0 Å². The van der Waals surface area contributed by atoms with Crippen LogP contribution in [0.4, 0.5) is 0 Å². The first-order chi connectivity index (χ1) is 7.91. The number of nitrogens with one attached hydrogen (secondary N) is 1. The van der Waals surface area contributed by atoms with Gasteiger partial charge in [0.2, 0.25) is 5.91 Å². The maximum atomic E-state index is 11.9. The van der Waals surface area contributed by atoms with Gasteiger partial charge in [0.15, 0.2) is 5.78 Å². The van der Waals surface area contributed by atoms with E-state index in [1.54, 1.807) is 0 Å². The van der Waals surface area contributed by atoms with E-state index in [0.717, 1.165) is 0 Å². The summed E-state index contributed by atoms with van der Waals surface area (Å²) in [5.74, 6) is 1.67. The lowest BCUT2D eigenvalue weighted by Crippen LogP contribution is -2.36. The number of carbonyl (C=O) groups excluding carboxylic acids is 2. The minimum absolute atomic E-state index is 0.106. The lowest BCUT2D eigenvalue weighted by molar-refractivity contribution is -0.129. The average Bonchev–Trinajstić information content (AvgIpc) is 2.98. The quantitative estimate of drug-likeness (QED) is 0.817. The molecule has 0 heterocycles. The molecular weight excluding hydrogens is 214 g/mol. The molecular formula is C14H23NO2. The lowest BCUT2D eigenvalue weighted by Gasteiger charge is -2.16. The van der Waals surface area contributed by atoms with Crippen molar-refractivity contribution < 1.29 is 9.59 Å².